The van der Waals surface area contributed by atoms with Crippen LogP contribution >= 0.6 is 23.4 Å². The molecule has 0 aliphatic rings. The van der Waals surface area contributed by atoms with Gasteiger partial charge in [0.2, 0.25) is 0 Å². The second kappa shape index (κ2) is 4.76. The zero-order chi connectivity index (χ0) is 11.5. The van der Waals surface area contributed by atoms with Crippen LogP contribution in [-0.2, 0) is 0 Å². The van der Waals surface area contributed by atoms with Gasteiger partial charge in [-0.15, -0.1) is 0 Å². The first-order valence-electron chi connectivity index (χ1n) is 4.81. The van der Waals surface area contributed by atoms with Crippen molar-refractivity contribution in [3.05, 3.63) is 47.1 Å². The first kappa shape index (κ1) is 11.3. The number of benzene rings is 1. The Morgan fingerprint density at radius 2 is 2.06 bits per heavy atom. The van der Waals surface area contributed by atoms with Gasteiger partial charge in [0.25, 0.3) is 0 Å². The summed E-state index contributed by atoms with van der Waals surface area (Å²) in [6.07, 6.45) is 1.64. The Balaban J connectivity index is 2.26. The molecule has 2 nitrogen and oxygen atoms in total. The largest absolute Gasteiger partial charge is 0.399 e. The van der Waals surface area contributed by atoms with Gasteiger partial charge in [0, 0.05) is 16.8 Å². The van der Waals surface area contributed by atoms with E-state index >= 15 is 0 Å². The highest BCUT2D eigenvalue weighted by atomic mass is 35.5. The van der Waals surface area contributed by atoms with E-state index in [1.165, 1.54) is 5.56 Å². The van der Waals surface area contributed by atoms with Crippen LogP contribution < -0.4 is 5.73 Å². The zero-order valence-corrected chi connectivity index (χ0v) is 10.3. The van der Waals surface area contributed by atoms with Gasteiger partial charge >= 0.3 is 0 Å². The molecule has 0 unspecified atom stereocenters. The maximum absolute atomic E-state index is 5.78. The number of nitrogens with two attached hydrogens (primary N) is 1. The maximum atomic E-state index is 5.78. The Morgan fingerprint density at radius 3 is 2.75 bits per heavy atom. The molecule has 1 heterocycles. The van der Waals surface area contributed by atoms with Crippen molar-refractivity contribution >= 4 is 29.1 Å². The third-order valence-corrected chi connectivity index (χ3v) is 3.46. The van der Waals surface area contributed by atoms with Gasteiger partial charge in [-0.05, 0) is 36.8 Å². The van der Waals surface area contributed by atoms with Crippen LogP contribution in [0.1, 0.15) is 5.56 Å². The average molecular weight is 251 g/mol. The third-order valence-electron chi connectivity index (χ3n) is 2.13. The SMILES string of the molecule is Cc1ccc(N)cc1Sc1ccc(Cl)cn1. The van der Waals surface area contributed by atoms with Crippen molar-refractivity contribution in [3.63, 3.8) is 0 Å². The van der Waals surface area contributed by atoms with Crippen molar-refractivity contribution in [2.75, 3.05) is 5.73 Å². The fourth-order valence-electron chi connectivity index (χ4n) is 1.26. The summed E-state index contributed by atoms with van der Waals surface area (Å²) < 4.78 is 0. The highest BCUT2D eigenvalue weighted by Gasteiger charge is 2.02. The van der Waals surface area contributed by atoms with Gasteiger partial charge in [-0.3, -0.25) is 0 Å². The van der Waals surface area contributed by atoms with Crippen molar-refractivity contribution in [1.29, 1.82) is 0 Å². The molecule has 2 aromatic rings. The van der Waals surface area contributed by atoms with Crippen LogP contribution in [0.25, 0.3) is 0 Å². The molecule has 0 saturated carbocycles. The highest BCUT2D eigenvalue weighted by molar-refractivity contribution is 7.99. The van der Waals surface area contributed by atoms with Gasteiger partial charge in [0.05, 0.1) is 5.02 Å². The molecule has 2 rings (SSSR count). The van der Waals surface area contributed by atoms with Crippen LogP contribution in [0.3, 0.4) is 0 Å². The molecule has 0 bridgehead atoms. The molecule has 0 spiro atoms. The van der Waals surface area contributed by atoms with Crippen molar-refractivity contribution in [2.24, 2.45) is 0 Å². The summed E-state index contributed by atoms with van der Waals surface area (Å²) in [5, 5.41) is 1.56. The monoisotopic (exact) mass is 250 g/mol. The van der Waals surface area contributed by atoms with Gasteiger partial charge in [0.15, 0.2) is 0 Å². The minimum atomic E-state index is 0.647. The summed E-state index contributed by atoms with van der Waals surface area (Å²) in [5.41, 5.74) is 7.71. The summed E-state index contributed by atoms with van der Waals surface area (Å²) in [5.74, 6) is 0. The lowest BCUT2D eigenvalue weighted by atomic mass is 10.2. The van der Waals surface area contributed by atoms with E-state index in [1.54, 1.807) is 18.0 Å². The van der Waals surface area contributed by atoms with E-state index in [-0.39, 0.29) is 0 Å². The minimum Gasteiger partial charge on any atom is -0.399 e. The maximum Gasteiger partial charge on any atom is 0.101 e. The van der Waals surface area contributed by atoms with Gasteiger partial charge in [-0.2, -0.15) is 0 Å². The molecule has 1 aromatic heterocycles. The van der Waals surface area contributed by atoms with Crippen LogP contribution in [-0.4, -0.2) is 4.98 Å². The predicted molar refractivity (Wildman–Crippen MR) is 69.0 cm³/mol. The summed E-state index contributed by atoms with van der Waals surface area (Å²) in [6, 6.07) is 9.59. The van der Waals surface area contributed by atoms with E-state index < -0.39 is 0 Å². The molecule has 0 radical (unpaired) electrons. The van der Waals surface area contributed by atoms with Crippen LogP contribution in [0, 0.1) is 6.92 Å². The number of nitrogen functional groups attached to an aromatic ring is 1. The molecule has 2 N–H and O–H groups in total. The molecular weight excluding hydrogens is 240 g/mol. The number of aryl methyl sites for hydroxylation is 1. The highest BCUT2D eigenvalue weighted by Crippen LogP contribution is 2.30. The van der Waals surface area contributed by atoms with Crippen molar-refractivity contribution in [2.45, 2.75) is 16.8 Å². The summed E-state index contributed by atoms with van der Waals surface area (Å²) in [6.45, 7) is 2.05. The molecule has 0 fully saturated rings. The van der Waals surface area contributed by atoms with Gasteiger partial charge < -0.3 is 5.73 Å². The van der Waals surface area contributed by atoms with E-state index in [2.05, 4.69) is 11.9 Å². The number of hydrogen-bond donors (Lipinski definition) is 1. The van der Waals surface area contributed by atoms with Crippen LogP contribution in [0.2, 0.25) is 5.02 Å². The van der Waals surface area contributed by atoms with E-state index in [0.29, 0.717) is 5.02 Å². The lowest BCUT2D eigenvalue weighted by Crippen LogP contribution is -1.87. The topological polar surface area (TPSA) is 38.9 Å². The lowest BCUT2D eigenvalue weighted by Gasteiger charge is -2.05. The molecule has 0 saturated heterocycles. The van der Waals surface area contributed by atoms with E-state index in [0.717, 1.165) is 15.6 Å². The van der Waals surface area contributed by atoms with Gasteiger partial charge in [-0.25, -0.2) is 4.98 Å². The third kappa shape index (κ3) is 2.68. The molecule has 0 atom stereocenters. The quantitative estimate of drug-likeness (QED) is 0.825. The number of pyridine rings is 1. The number of rotatable bonds is 2. The fourth-order valence-corrected chi connectivity index (χ4v) is 2.26. The molecule has 0 aliphatic heterocycles. The first-order valence-corrected chi connectivity index (χ1v) is 6.00. The Kier molecular flexibility index (Phi) is 3.36. The van der Waals surface area contributed by atoms with Crippen molar-refractivity contribution in [3.8, 4) is 0 Å². The van der Waals surface area contributed by atoms with Gasteiger partial charge in [-0.1, -0.05) is 29.4 Å². The number of hydrogen-bond acceptors (Lipinski definition) is 3. The second-order valence-electron chi connectivity index (χ2n) is 3.44. The molecule has 82 valence electrons. The molecule has 0 aliphatic carbocycles. The Bertz CT molecular complexity index is 497. The standard InChI is InChI=1S/C12H11ClN2S/c1-8-2-4-10(14)6-11(8)16-12-5-3-9(13)7-15-12/h2-7H,14H2,1H3. The molecule has 1 aromatic carbocycles. The van der Waals surface area contributed by atoms with E-state index in [9.17, 15) is 0 Å². The smallest absolute Gasteiger partial charge is 0.101 e. The number of nitrogens with zero attached hydrogens (tertiary/aromatic N) is 1. The predicted octanol–water partition coefficient (Wildman–Crippen LogP) is 3.78. The Labute approximate surface area is 104 Å². The van der Waals surface area contributed by atoms with Gasteiger partial charge in [0.1, 0.15) is 5.03 Å². The summed E-state index contributed by atoms with van der Waals surface area (Å²) >= 11 is 7.37. The Morgan fingerprint density at radius 1 is 1.25 bits per heavy atom. The molecule has 4 heteroatoms. The molecule has 0 amide bonds. The fraction of sp³-hybridized carbons (Fsp3) is 0.0833. The van der Waals surface area contributed by atoms with E-state index in [1.807, 2.05) is 30.3 Å². The van der Waals surface area contributed by atoms with Crippen LogP contribution in [0.15, 0.2) is 46.5 Å². The molecule has 16 heavy (non-hydrogen) atoms. The molecular formula is C12H11ClN2S. The summed E-state index contributed by atoms with van der Waals surface area (Å²) in [7, 11) is 0. The van der Waals surface area contributed by atoms with Crippen LogP contribution in [0.4, 0.5) is 5.69 Å². The number of halogens is 1. The Hall–Kier alpha value is -1.19. The number of aromatic nitrogens is 1. The van der Waals surface area contributed by atoms with Crippen LogP contribution in [0.5, 0.6) is 0 Å². The van der Waals surface area contributed by atoms with Crippen molar-refractivity contribution < 1.29 is 0 Å². The zero-order valence-electron chi connectivity index (χ0n) is 8.77. The average Bonchev–Trinajstić information content (AvgIpc) is 2.27. The first-order chi connectivity index (χ1) is 7.65. The minimum absolute atomic E-state index is 0.647. The second-order valence-corrected chi connectivity index (χ2v) is 4.94. The van der Waals surface area contributed by atoms with E-state index in [4.69, 9.17) is 17.3 Å². The lowest BCUT2D eigenvalue weighted by molar-refractivity contribution is 1.13. The summed E-state index contributed by atoms with van der Waals surface area (Å²) in [4.78, 5) is 5.35. The number of anilines is 1. The van der Waals surface area contributed by atoms with Crippen molar-refractivity contribution in [1.82, 2.24) is 4.98 Å². The normalized spacial score (nSPS) is 10.4.